The average Bonchev–Trinajstić information content (AvgIpc) is 3.18. The lowest BCUT2D eigenvalue weighted by Crippen LogP contribution is -2.46. The Morgan fingerprint density at radius 2 is 1.82 bits per heavy atom. The summed E-state index contributed by atoms with van der Waals surface area (Å²) in [5.74, 6) is -0.00736. The van der Waals surface area contributed by atoms with Crippen LogP contribution in [-0.2, 0) is 21.2 Å². The number of hydrogen-bond acceptors (Lipinski definition) is 4. The number of benzene rings is 2. The van der Waals surface area contributed by atoms with Crippen LogP contribution < -0.4 is 5.32 Å². The summed E-state index contributed by atoms with van der Waals surface area (Å²) in [6, 6.07) is 13.0. The summed E-state index contributed by atoms with van der Waals surface area (Å²) in [6.07, 6.45) is 2.73. The minimum atomic E-state index is -3.68. The van der Waals surface area contributed by atoms with Crippen LogP contribution in [0.3, 0.4) is 0 Å². The van der Waals surface area contributed by atoms with Crippen molar-refractivity contribution in [3.63, 3.8) is 0 Å². The van der Waals surface area contributed by atoms with Crippen LogP contribution in [0.4, 0.5) is 0 Å². The van der Waals surface area contributed by atoms with E-state index in [9.17, 15) is 18.3 Å². The molecule has 0 saturated carbocycles. The van der Waals surface area contributed by atoms with Gasteiger partial charge in [-0.1, -0.05) is 29.8 Å². The van der Waals surface area contributed by atoms with E-state index in [1.165, 1.54) is 4.31 Å². The number of carbonyl (C=O) groups excluding carboxylic acids is 1. The van der Waals surface area contributed by atoms with Crippen LogP contribution >= 0.6 is 0 Å². The van der Waals surface area contributed by atoms with E-state index in [1.54, 1.807) is 36.4 Å². The van der Waals surface area contributed by atoms with E-state index in [0.717, 1.165) is 24.0 Å². The molecule has 1 amide bonds. The molecular weight excluding hydrogens is 376 g/mol. The van der Waals surface area contributed by atoms with Crippen LogP contribution in [0.5, 0.6) is 5.75 Å². The van der Waals surface area contributed by atoms with E-state index in [1.807, 2.05) is 19.1 Å². The highest BCUT2D eigenvalue weighted by Crippen LogP contribution is 2.26. The quantitative estimate of drug-likeness (QED) is 0.697. The third kappa shape index (κ3) is 4.72. The summed E-state index contributed by atoms with van der Waals surface area (Å²) in [5, 5.41) is 12.2. The first-order chi connectivity index (χ1) is 13.4. The maximum absolute atomic E-state index is 12.9. The van der Waals surface area contributed by atoms with Crippen molar-refractivity contribution in [2.75, 3.05) is 13.1 Å². The Bertz CT molecular complexity index is 908. The van der Waals surface area contributed by atoms with E-state index >= 15 is 0 Å². The van der Waals surface area contributed by atoms with Crippen LogP contribution in [0, 0.1) is 6.92 Å². The number of hydrogen-bond donors (Lipinski definition) is 2. The number of phenolic OH excluding ortho intramolecular Hbond substituents is 1. The molecule has 0 aliphatic carbocycles. The molecule has 1 aliphatic rings. The van der Waals surface area contributed by atoms with Crippen molar-refractivity contribution in [3.05, 3.63) is 59.7 Å². The van der Waals surface area contributed by atoms with Crippen molar-refractivity contribution >= 4 is 15.9 Å². The van der Waals surface area contributed by atoms with Gasteiger partial charge in [0.15, 0.2) is 0 Å². The summed E-state index contributed by atoms with van der Waals surface area (Å²) in [4.78, 5) is 12.8. The molecule has 1 atom stereocenters. The van der Waals surface area contributed by atoms with Gasteiger partial charge in [0.25, 0.3) is 0 Å². The van der Waals surface area contributed by atoms with Gasteiger partial charge in [-0.25, -0.2) is 8.42 Å². The maximum atomic E-state index is 12.9. The van der Waals surface area contributed by atoms with Crippen LogP contribution in [0.2, 0.25) is 0 Å². The largest absolute Gasteiger partial charge is 0.508 e. The Labute approximate surface area is 166 Å². The number of phenols is 1. The molecule has 2 aromatic rings. The predicted octanol–water partition coefficient (Wildman–Crippen LogP) is 2.60. The number of aromatic hydroxyl groups is 1. The Morgan fingerprint density at radius 3 is 2.50 bits per heavy atom. The topological polar surface area (TPSA) is 86.7 Å². The van der Waals surface area contributed by atoms with Crippen molar-refractivity contribution in [3.8, 4) is 5.75 Å². The van der Waals surface area contributed by atoms with Crippen molar-refractivity contribution in [2.24, 2.45) is 0 Å². The summed E-state index contributed by atoms with van der Waals surface area (Å²) in [5.41, 5.74) is 2.07. The molecule has 6 nitrogen and oxygen atoms in total. The Balaban J connectivity index is 1.56. The normalized spacial score (nSPS) is 17.5. The molecule has 1 fully saturated rings. The number of sulfonamides is 1. The molecule has 1 aliphatic heterocycles. The fourth-order valence-corrected chi connectivity index (χ4v) is 5.08. The van der Waals surface area contributed by atoms with E-state index in [-0.39, 0.29) is 16.6 Å². The minimum Gasteiger partial charge on any atom is -0.508 e. The second-order valence-electron chi connectivity index (χ2n) is 7.15. The third-order valence-electron chi connectivity index (χ3n) is 5.01. The van der Waals surface area contributed by atoms with E-state index in [2.05, 4.69) is 5.32 Å². The SMILES string of the molecule is Cc1ccc(S(=O)(=O)N2CCC[C@H]2C(=O)NCCCc2ccc(O)cc2)cc1. The van der Waals surface area contributed by atoms with Gasteiger partial charge in [0.2, 0.25) is 15.9 Å². The zero-order valence-corrected chi connectivity index (χ0v) is 16.8. The third-order valence-corrected chi connectivity index (χ3v) is 6.93. The number of nitrogens with zero attached hydrogens (tertiary/aromatic N) is 1. The highest BCUT2D eigenvalue weighted by molar-refractivity contribution is 7.89. The molecule has 1 heterocycles. The molecule has 0 bridgehead atoms. The fraction of sp³-hybridized carbons (Fsp3) is 0.381. The first kappa shape index (κ1) is 20.4. The van der Waals surface area contributed by atoms with Gasteiger partial charge >= 0.3 is 0 Å². The van der Waals surface area contributed by atoms with Gasteiger partial charge in [-0.3, -0.25) is 4.79 Å². The summed E-state index contributed by atoms with van der Waals surface area (Å²) >= 11 is 0. The second kappa shape index (κ2) is 8.75. The number of nitrogens with one attached hydrogen (secondary N) is 1. The highest BCUT2D eigenvalue weighted by Gasteiger charge is 2.39. The molecule has 2 aromatic carbocycles. The van der Waals surface area contributed by atoms with Gasteiger partial charge in [0, 0.05) is 13.1 Å². The van der Waals surface area contributed by atoms with E-state index < -0.39 is 16.1 Å². The zero-order chi connectivity index (χ0) is 20.1. The number of amides is 1. The lowest BCUT2D eigenvalue weighted by atomic mass is 10.1. The molecule has 0 unspecified atom stereocenters. The Hall–Kier alpha value is -2.38. The molecule has 0 spiro atoms. The van der Waals surface area contributed by atoms with Gasteiger partial charge in [-0.05, 0) is 62.4 Å². The van der Waals surface area contributed by atoms with Gasteiger partial charge in [-0.15, -0.1) is 0 Å². The van der Waals surface area contributed by atoms with Crippen molar-refractivity contribution in [1.29, 1.82) is 0 Å². The van der Waals surface area contributed by atoms with Crippen LogP contribution in [0.1, 0.15) is 30.4 Å². The summed E-state index contributed by atoms with van der Waals surface area (Å²) in [6.45, 7) is 2.75. The van der Waals surface area contributed by atoms with Crippen LogP contribution in [-0.4, -0.2) is 42.9 Å². The number of aryl methyl sites for hydroxylation is 2. The van der Waals surface area contributed by atoms with Crippen molar-refractivity contribution in [2.45, 2.75) is 43.5 Å². The number of rotatable bonds is 7. The van der Waals surface area contributed by atoms with Gasteiger partial charge in [-0.2, -0.15) is 4.31 Å². The van der Waals surface area contributed by atoms with Crippen molar-refractivity contribution in [1.82, 2.24) is 9.62 Å². The van der Waals surface area contributed by atoms with Gasteiger partial charge in [0.05, 0.1) is 4.90 Å². The Kier molecular flexibility index (Phi) is 6.36. The lowest BCUT2D eigenvalue weighted by molar-refractivity contribution is -0.124. The van der Waals surface area contributed by atoms with Crippen LogP contribution in [0.15, 0.2) is 53.4 Å². The Morgan fingerprint density at radius 1 is 1.14 bits per heavy atom. The molecule has 1 saturated heterocycles. The standard InChI is InChI=1S/C21H26N2O4S/c1-16-6-12-19(13-7-16)28(26,27)23-15-3-5-20(23)21(25)22-14-2-4-17-8-10-18(24)11-9-17/h6-13,20,24H,2-5,14-15H2,1H3,(H,22,25)/t20-/m0/s1. The second-order valence-corrected chi connectivity index (χ2v) is 9.04. The molecular formula is C21H26N2O4S. The summed E-state index contributed by atoms with van der Waals surface area (Å²) < 4.78 is 27.2. The molecule has 0 radical (unpaired) electrons. The number of carbonyl (C=O) groups is 1. The monoisotopic (exact) mass is 402 g/mol. The lowest BCUT2D eigenvalue weighted by Gasteiger charge is -2.23. The predicted molar refractivity (Wildman–Crippen MR) is 108 cm³/mol. The van der Waals surface area contributed by atoms with Crippen molar-refractivity contribution < 1.29 is 18.3 Å². The fourth-order valence-electron chi connectivity index (χ4n) is 3.42. The molecule has 2 N–H and O–H groups in total. The summed E-state index contributed by atoms with van der Waals surface area (Å²) in [7, 11) is -3.68. The van der Waals surface area contributed by atoms with Gasteiger partial charge < -0.3 is 10.4 Å². The average molecular weight is 403 g/mol. The van der Waals surface area contributed by atoms with Crippen LogP contribution in [0.25, 0.3) is 0 Å². The van der Waals surface area contributed by atoms with Gasteiger partial charge in [0.1, 0.15) is 11.8 Å². The highest BCUT2D eigenvalue weighted by atomic mass is 32.2. The molecule has 0 aromatic heterocycles. The first-order valence-electron chi connectivity index (χ1n) is 9.52. The minimum absolute atomic E-state index is 0.227. The zero-order valence-electron chi connectivity index (χ0n) is 16.0. The molecule has 28 heavy (non-hydrogen) atoms. The molecule has 7 heteroatoms. The molecule has 3 rings (SSSR count). The maximum Gasteiger partial charge on any atom is 0.243 e. The smallest absolute Gasteiger partial charge is 0.243 e. The van der Waals surface area contributed by atoms with E-state index in [0.29, 0.717) is 25.9 Å². The van der Waals surface area contributed by atoms with E-state index in [4.69, 9.17) is 0 Å². The first-order valence-corrected chi connectivity index (χ1v) is 11.0. The molecule has 150 valence electrons.